The Hall–Kier alpha value is -0.870. The van der Waals surface area contributed by atoms with Crippen LogP contribution in [0.15, 0.2) is 12.2 Å². The van der Waals surface area contributed by atoms with Crippen LogP contribution >= 0.6 is 0 Å². The fourth-order valence-electron chi connectivity index (χ4n) is 2.64. The van der Waals surface area contributed by atoms with E-state index in [4.69, 9.17) is 4.74 Å². The molecule has 0 aliphatic carbocycles. The lowest BCUT2D eigenvalue weighted by atomic mass is 9.97. The first-order chi connectivity index (χ1) is 8.83. The van der Waals surface area contributed by atoms with Gasteiger partial charge in [0.2, 0.25) is 5.91 Å². The van der Waals surface area contributed by atoms with Crippen molar-refractivity contribution in [3.63, 3.8) is 0 Å². The smallest absolute Gasteiger partial charge is 0.247 e. The SMILES string of the molecule is C=C(CN1CC2CCC(C1)O2)C(=O)NCC(C)(C)C. The molecule has 2 saturated heterocycles. The second-order valence-electron chi connectivity index (χ2n) is 7.00. The maximum atomic E-state index is 12.0. The van der Waals surface area contributed by atoms with Crippen LogP contribution in [0.2, 0.25) is 0 Å². The minimum Gasteiger partial charge on any atom is -0.372 e. The molecule has 4 nitrogen and oxygen atoms in total. The molecule has 1 N–H and O–H groups in total. The number of hydrogen-bond donors (Lipinski definition) is 1. The molecule has 4 heteroatoms. The van der Waals surface area contributed by atoms with Crippen LogP contribution in [0.5, 0.6) is 0 Å². The summed E-state index contributed by atoms with van der Waals surface area (Å²) in [6.45, 7) is 13.4. The maximum Gasteiger partial charge on any atom is 0.247 e. The zero-order valence-corrected chi connectivity index (χ0v) is 12.4. The lowest BCUT2D eigenvalue weighted by Gasteiger charge is -2.32. The zero-order chi connectivity index (χ0) is 14.0. The molecular weight excluding hydrogens is 240 g/mol. The predicted octanol–water partition coefficient (Wildman–Crippen LogP) is 1.57. The van der Waals surface area contributed by atoms with Gasteiger partial charge in [0.1, 0.15) is 0 Å². The lowest BCUT2D eigenvalue weighted by molar-refractivity contribution is -0.118. The Morgan fingerprint density at radius 2 is 1.89 bits per heavy atom. The van der Waals surface area contributed by atoms with E-state index >= 15 is 0 Å². The van der Waals surface area contributed by atoms with Crippen molar-refractivity contribution in [1.82, 2.24) is 10.2 Å². The van der Waals surface area contributed by atoms with E-state index in [2.05, 4.69) is 37.6 Å². The van der Waals surface area contributed by atoms with E-state index in [1.54, 1.807) is 0 Å². The summed E-state index contributed by atoms with van der Waals surface area (Å²) in [6.07, 6.45) is 3.04. The Morgan fingerprint density at radius 3 is 2.42 bits per heavy atom. The third-order valence-corrected chi connectivity index (χ3v) is 3.63. The number of carbonyl (C=O) groups excluding carboxylic acids is 1. The van der Waals surface area contributed by atoms with Gasteiger partial charge in [-0.2, -0.15) is 0 Å². The van der Waals surface area contributed by atoms with Crippen molar-refractivity contribution in [2.75, 3.05) is 26.2 Å². The zero-order valence-electron chi connectivity index (χ0n) is 12.4. The maximum absolute atomic E-state index is 12.0. The van der Waals surface area contributed by atoms with Crippen molar-refractivity contribution in [1.29, 1.82) is 0 Å². The van der Waals surface area contributed by atoms with Crippen LogP contribution < -0.4 is 5.32 Å². The fraction of sp³-hybridized carbons (Fsp3) is 0.800. The molecule has 0 aromatic carbocycles. The van der Waals surface area contributed by atoms with E-state index in [0.29, 0.717) is 30.9 Å². The highest BCUT2D eigenvalue weighted by Crippen LogP contribution is 2.26. The molecule has 2 fully saturated rings. The van der Waals surface area contributed by atoms with Crippen molar-refractivity contribution in [3.8, 4) is 0 Å². The minimum absolute atomic E-state index is 0.0197. The fourth-order valence-corrected chi connectivity index (χ4v) is 2.64. The van der Waals surface area contributed by atoms with Crippen molar-refractivity contribution < 1.29 is 9.53 Å². The second-order valence-corrected chi connectivity index (χ2v) is 7.00. The van der Waals surface area contributed by atoms with Gasteiger partial charge >= 0.3 is 0 Å². The molecule has 0 spiro atoms. The summed E-state index contributed by atoms with van der Waals surface area (Å²) >= 11 is 0. The van der Waals surface area contributed by atoms with Crippen LogP contribution in [0.25, 0.3) is 0 Å². The summed E-state index contributed by atoms with van der Waals surface area (Å²) in [4.78, 5) is 14.3. The first-order valence-electron chi connectivity index (χ1n) is 7.17. The largest absolute Gasteiger partial charge is 0.372 e. The van der Waals surface area contributed by atoms with Gasteiger partial charge in [0.25, 0.3) is 0 Å². The molecule has 1 amide bonds. The molecule has 0 saturated carbocycles. The van der Waals surface area contributed by atoms with Crippen LogP contribution in [0.3, 0.4) is 0 Å². The Balaban J connectivity index is 1.76. The summed E-state index contributed by atoms with van der Waals surface area (Å²) in [6, 6.07) is 0. The average Bonchev–Trinajstić information content (AvgIpc) is 2.64. The van der Waals surface area contributed by atoms with Crippen LogP contribution in [0, 0.1) is 5.41 Å². The Kier molecular flexibility index (Phi) is 4.31. The molecule has 2 aliphatic heterocycles. The second kappa shape index (κ2) is 5.63. The topological polar surface area (TPSA) is 41.6 Å². The van der Waals surface area contributed by atoms with Crippen LogP contribution in [0.4, 0.5) is 0 Å². The van der Waals surface area contributed by atoms with Crippen molar-refractivity contribution >= 4 is 5.91 Å². The highest BCUT2D eigenvalue weighted by molar-refractivity contribution is 5.93. The van der Waals surface area contributed by atoms with Gasteiger partial charge in [-0.05, 0) is 18.3 Å². The molecule has 2 rings (SSSR count). The number of nitrogens with zero attached hydrogens (tertiary/aromatic N) is 1. The molecule has 2 atom stereocenters. The minimum atomic E-state index is -0.0197. The first kappa shape index (κ1) is 14.5. The average molecular weight is 266 g/mol. The van der Waals surface area contributed by atoms with E-state index in [-0.39, 0.29) is 11.3 Å². The van der Waals surface area contributed by atoms with Gasteiger partial charge in [-0.1, -0.05) is 27.4 Å². The highest BCUT2D eigenvalue weighted by atomic mass is 16.5. The first-order valence-corrected chi connectivity index (χ1v) is 7.17. The quantitative estimate of drug-likeness (QED) is 0.785. The number of amides is 1. The molecule has 0 aromatic rings. The number of carbonyl (C=O) groups is 1. The van der Waals surface area contributed by atoms with Crippen molar-refractivity contribution in [3.05, 3.63) is 12.2 Å². The Bertz CT molecular complexity index is 348. The number of nitrogens with one attached hydrogen (secondary N) is 1. The molecule has 19 heavy (non-hydrogen) atoms. The molecule has 108 valence electrons. The number of hydrogen-bond acceptors (Lipinski definition) is 3. The van der Waals surface area contributed by atoms with Crippen LogP contribution in [-0.2, 0) is 9.53 Å². The number of ether oxygens (including phenoxy) is 1. The van der Waals surface area contributed by atoms with Gasteiger partial charge in [0.05, 0.1) is 12.2 Å². The Labute approximate surface area is 116 Å². The van der Waals surface area contributed by atoms with Gasteiger partial charge in [-0.25, -0.2) is 0 Å². The van der Waals surface area contributed by atoms with E-state index in [1.165, 1.54) is 0 Å². The van der Waals surface area contributed by atoms with E-state index in [1.807, 2.05) is 0 Å². The standard InChI is InChI=1S/C15H26N2O2/c1-11(14(18)16-10-15(2,3)4)7-17-8-12-5-6-13(9-17)19-12/h12-13H,1,5-10H2,2-4H3,(H,16,18). The molecule has 2 aliphatic rings. The van der Waals surface area contributed by atoms with Gasteiger partial charge in [-0.3, -0.25) is 9.69 Å². The van der Waals surface area contributed by atoms with E-state index in [9.17, 15) is 4.79 Å². The summed E-state index contributed by atoms with van der Waals surface area (Å²) in [5.74, 6) is -0.0197. The summed E-state index contributed by atoms with van der Waals surface area (Å²) in [5.41, 5.74) is 0.763. The van der Waals surface area contributed by atoms with E-state index < -0.39 is 0 Å². The predicted molar refractivity (Wildman–Crippen MR) is 75.9 cm³/mol. The van der Waals surface area contributed by atoms with E-state index in [0.717, 1.165) is 25.9 Å². The van der Waals surface area contributed by atoms with Gasteiger partial charge in [0, 0.05) is 31.8 Å². The molecule has 2 unspecified atom stereocenters. The summed E-state index contributed by atoms with van der Waals surface area (Å²) in [7, 11) is 0. The van der Waals surface area contributed by atoms with Gasteiger partial charge in [-0.15, -0.1) is 0 Å². The molecule has 0 aromatic heterocycles. The van der Waals surface area contributed by atoms with Crippen LogP contribution in [-0.4, -0.2) is 49.2 Å². The normalized spacial score (nSPS) is 27.3. The number of fused-ring (bicyclic) bond motifs is 2. The number of likely N-dealkylation sites (tertiary alicyclic amines) is 1. The molecule has 2 bridgehead atoms. The summed E-state index contributed by atoms with van der Waals surface area (Å²) < 4.78 is 5.79. The monoisotopic (exact) mass is 266 g/mol. The number of morpholine rings is 1. The Morgan fingerprint density at radius 1 is 1.32 bits per heavy atom. The van der Waals surface area contributed by atoms with Crippen LogP contribution in [0.1, 0.15) is 33.6 Å². The number of rotatable bonds is 4. The van der Waals surface area contributed by atoms with Crippen molar-refractivity contribution in [2.45, 2.75) is 45.8 Å². The molecule has 2 heterocycles. The van der Waals surface area contributed by atoms with Gasteiger partial charge in [0.15, 0.2) is 0 Å². The lowest BCUT2D eigenvalue weighted by Crippen LogP contribution is -2.45. The highest BCUT2D eigenvalue weighted by Gasteiger charge is 2.33. The van der Waals surface area contributed by atoms with Crippen molar-refractivity contribution in [2.24, 2.45) is 5.41 Å². The third kappa shape index (κ3) is 4.32. The molecule has 0 radical (unpaired) electrons. The summed E-state index contributed by atoms with van der Waals surface area (Å²) in [5, 5.41) is 2.95. The van der Waals surface area contributed by atoms with Gasteiger partial charge < -0.3 is 10.1 Å². The third-order valence-electron chi connectivity index (χ3n) is 3.63. The molecular formula is C15H26N2O2.